The van der Waals surface area contributed by atoms with Crippen molar-refractivity contribution >= 4 is 19.1 Å². The molecule has 0 aliphatic heterocycles. The maximum atomic E-state index is 11.8. The molecule has 1 rings (SSSR count). The van der Waals surface area contributed by atoms with Crippen LogP contribution in [0.5, 0.6) is 0 Å². The molecule has 1 aromatic carbocycles. The molecule has 0 bridgehead atoms. The fraction of sp³-hybridized carbons (Fsp3) is 0.643. The van der Waals surface area contributed by atoms with E-state index in [0.29, 0.717) is 0 Å². The Labute approximate surface area is 154 Å². The van der Waals surface area contributed by atoms with Crippen molar-refractivity contribution in [3.05, 3.63) is 24.3 Å². The molecule has 0 aromatic heterocycles. The van der Waals surface area contributed by atoms with Gasteiger partial charge in [-0.25, -0.2) is 0 Å². The predicted octanol–water partition coefficient (Wildman–Crippen LogP) is 2.62. The van der Waals surface area contributed by atoms with Crippen molar-refractivity contribution in [1.29, 1.82) is 0 Å². The second kappa shape index (κ2) is 17.8. The summed E-state index contributed by atoms with van der Waals surface area (Å²) in [6, 6.07) is 5.07. The molecule has 0 spiro atoms. The van der Waals surface area contributed by atoms with Crippen molar-refractivity contribution in [2.75, 3.05) is 0 Å². The van der Waals surface area contributed by atoms with Gasteiger partial charge in [-0.3, -0.25) is 0 Å². The Balaban J connectivity index is -0.000000107. The molecule has 0 heterocycles. The van der Waals surface area contributed by atoms with E-state index in [1.807, 2.05) is 0 Å². The minimum atomic E-state index is -5.94. The summed E-state index contributed by atoms with van der Waals surface area (Å²) in [6.07, 6.45) is -0.500. The van der Waals surface area contributed by atoms with Crippen molar-refractivity contribution in [2.24, 2.45) is 0 Å². The third-order valence-electron chi connectivity index (χ3n) is 0.990. The van der Waals surface area contributed by atoms with Gasteiger partial charge in [0.25, 0.3) is 0 Å². The fourth-order valence-electron chi connectivity index (χ4n) is 0.563. The van der Waals surface area contributed by atoms with Crippen LogP contribution in [0.25, 0.3) is 0 Å². The molecule has 132 valence electrons. The van der Waals surface area contributed by atoms with Gasteiger partial charge in [-0.1, -0.05) is 0 Å². The van der Waals surface area contributed by atoms with Gasteiger partial charge < -0.3 is 15.3 Å². The van der Waals surface area contributed by atoms with Crippen molar-refractivity contribution < 1.29 is 51.7 Å². The van der Waals surface area contributed by atoms with Crippen LogP contribution in [0.3, 0.4) is 0 Å². The van der Waals surface area contributed by atoms with Crippen molar-refractivity contribution in [2.45, 2.75) is 59.9 Å². The van der Waals surface area contributed by atoms with Gasteiger partial charge in [0.1, 0.15) is 0 Å². The first-order valence-corrected chi connectivity index (χ1v) is 10.1. The van der Waals surface area contributed by atoms with Gasteiger partial charge in [-0.05, 0) is 41.5 Å². The molecule has 0 fully saturated rings. The van der Waals surface area contributed by atoms with Crippen LogP contribution in [0, 0.1) is 0 Å². The standard InChI is InChI=1S/C5H4F3Ge.3C3H8O.Hf/c6-9(7,8)5-3-1-2-4-5;3*1-3(2)4;/h1-4H;3*3-4H,1-2H3;/q-1;;;;. The van der Waals surface area contributed by atoms with E-state index in [0.717, 1.165) is 12.1 Å². The molecule has 1 aromatic rings. The first-order chi connectivity index (χ1) is 9.30. The molecule has 0 unspecified atom stereocenters. The Kier molecular flexibility index (Phi) is 24.5. The van der Waals surface area contributed by atoms with Crippen molar-refractivity contribution in [3.63, 3.8) is 0 Å². The Morgan fingerprint density at radius 1 is 0.727 bits per heavy atom. The molecule has 3 N–H and O–H groups in total. The molecule has 3 nitrogen and oxygen atoms in total. The summed E-state index contributed by atoms with van der Waals surface area (Å²) in [5.41, 5.74) is 0. The maximum absolute atomic E-state index is 11.8. The molecule has 0 atom stereocenters. The number of hydrogen-bond donors (Lipinski definition) is 3. The van der Waals surface area contributed by atoms with Crippen molar-refractivity contribution in [1.82, 2.24) is 0 Å². The molecule has 0 aliphatic rings. The van der Waals surface area contributed by atoms with Crippen LogP contribution >= 0.6 is 0 Å². The van der Waals surface area contributed by atoms with Gasteiger partial charge in [0, 0.05) is 44.2 Å². The number of aliphatic hydroxyl groups is 3. The third-order valence-corrected chi connectivity index (χ3v) is 3.06. The monoisotopic (exact) mass is 555 g/mol. The molecule has 0 saturated heterocycles. The van der Waals surface area contributed by atoms with Gasteiger partial charge in [0.05, 0.1) is 0 Å². The number of aliphatic hydroxyl groups excluding tert-OH is 3. The molecule has 22 heavy (non-hydrogen) atoms. The summed E-state index contributed by atoms with van der Waals surface area (Å²) < 4.78 is 35.0. The van der Waals surface area contributed by atoms with Crippen LogP contribution in [0.4, 0.5) is 10.5 Å². The van der Waals surface area contributed by atoms with E-state index in [2.05, 4.69) is 0 Å². The van der Waals surface area contributed by atoms with E-state index in [-0.39, 0.29) is 44.2 Å². The Morgan fingerprint density at radius 3 is 1.00 bits per heavy atom. The zero-order valence-electron chi connectivity index (χ0n) is 14.0. The molecular weight excluding hydrogens is 524 g/mol. The molecule has 0 saturated carbocycles. The molecule has 8 heteroatoms. The molecule has 0 amide bonds. The minimum absolute atomic E-state index is 0. The van der Waals surface area contributed by atoms with Gasteiger partial charge >= 0.3 is 53.8 Å². The van der Waals surface area contributed by atoms with Crippen LogP contribution in [0.2, 0.25) is 0 Å². The van der Waals surface area contributed by atoms with Crippen LogP contribution in [0.15, 0.2) is 24.3 Å². The quantitative estimate of drug-likeness (QED) is 0.371. The Morgan fingerprint density at radius 2 is 0.909 bits per heavy atom. The third kappa shape index (κ3) is 42.8. The average molecular weight is 552 g/mol. The van der Waals surface area contributed by atoms with Crippen LogP contribution in [-0.2, 0) is 25.8 Å². The fourth-order valence-corrected chi connectivity index (χ4v) is 1.76. The first kappa shape index (κ1) is 30.3. The summed E-state index contributed by atoms with van der Waals surface area (Å²) >= 11 is -5.94. The zero-order valence-corrected chi connectivity index (χ0v) is 19.7. The van der Waals surface area contributed by atoms with Crippen LogP contribution < -0.4 is 4.40 Å². The van der Waals surface area contributed by atoms with E-state index in [1.54, 1.807) is 41.5 Å². The number of rotatable bonds is 1. The van der Waals surface area contributed by atoms with E-state index in [9.17, 15) is 10.5 Å². The van der Waals surface area contributed by atoms with Gasteiger partial charge in [0.15, 0.2) is 0 Å². The smallest absolute Gasteiger partial charge is 0 e. The van der Waals surface area contributed by atoms with Crippen molar-refractivity contribution in [3.8, 4) is 0 Å². The summed E-state index contributed by atoms with van der Waals surface area (Å²) in [6.45, 7) is 10.3. The Hall–Kier alpha value is 0.433. The molecule has 0 aliphatic carbocycles. The van der Waals surface area contributed by atoms with E-state index >= 15 is 0 Å². The topological polar surface area (TPSA) is 60.7 Å². The summed E-state index contributed by atoms with van der Waals surface area (Å²) in [5.74, 6) is 0. The second-order valence-electron chi connectivity index (χ2n) is 4.95. The largest absolute Gasteiger partial charge is 0 e. The van der Waals surface area contributed by atoms with Gasteiger partial charge in [-0.15, -0.1) is 0 Å². The normalized spacial score (nSPS) is 9.77. The van der Waals surface area contributed by atoms with Gasteiger partial charge in [0.2, 0.25) is 0 Å². The summed E-state index contributed by atoms with van der Waals surface area (Å²) in [5, 5.41) is 24.2. The minimum Gasteiger partial charge on any atom is 0 e. The number of halogens is 3. The first-order valence-electron chi connectivity index (χ1n) is 6.63. The summed E-state index contributed by atoms with van der Waals surface area (Å²) in [7, 11) is 0. The zero-order chi connectivity index (χ0) is 17.6. The second-order valence-corrected chi connectivity index (χ2v) is 8.25. The Bertz CT molecular complexity index is 280. The van der Waals surface area contributed by atoms with E-state index < -0.39 is 19.1 Å². The molecular formula is C14H28F3GeHfO3-. The summed E-state index contributed by atoms with van der Waals surface area (Å²) in [4.78, 5) is 0. The van der Waals surface area contributed by atoms with E-state index in [4.69, 9.17) is 15.3 Å². The van der Waals surface area contributed by atoms with Crippen LogP contribution in [0.1, 0.15) is 41.5 Å². The SMILES string of the molecule is CC(C)O.CC(C)O.CC(C)O.[F][Ge]([F])([F])[c-]1cccc1.[Hf]. The maximum Gasteiger partial charge on any atom is 0 e. The van der Waals surface area contributed by atoms with Crippen LogP contribution in [-0.4, -0.2) is 48.3 Å². The van der Waals surface area contributed by atoms with Gasteiger partial charge in [-0.2, -0.15) is 0 Å². The predicted molar refractivity (Wildman–Crippen MR) is 82.8 cm³/mol. The average Bonchev–Trinajstić information content (AvgIpc) is 2.64. The molecule has 0 radical (unpaired) electrons. The number of hydrogen-bond acceptors (Lipinski definition) is 3. The van der Waals surface area contributed by atoms with E-state index in [1.165, 1.54) is 12.1 Å².